The van der Waals surface area contributed by atoms with Crippen LogP contribution in [0.25, 0.3) is 22.8 Å². The van der Waals surface area contributed by atoms with E-state index in [1.807, 2.05) is 31.2 Å². The summed E-state index contributed by atoms with van der Waals surface area (Å²) in [4.78, 5) is 8.60. The number of hydrogen-bond acceptors (Lipinski definition) is 6. The van der Waals surface area contributed by atoms with Crippen LogP contribution in [0.1, 0.15) is 24.8 Å². The van der Waals surface area contributed by atoms with Crippen LogP contribution in [0.3, 0.4) is 0 Å². The molecule has 0 saturated heterocycles. The molecule has 6 nitrogen and oxygen atoms in total. The van der Waals surface area contributed by atoms with Crippen LogP contribution < -0.4 is 11.1 Å². The van der Waals surface area contributed by atoms with Gasteiger partial charge in [-0.25, -0.2) is 0 Å². The van der Waals surface area contributed by atoms with E-state index in [0.717, 1.165) is 22.4 Å². The number of rotatable bonds is 4. The number of hydrogen-bond donors (Lipinski definition) is 2. The fourth-order valence-electron chi connectivity index (χ4n) is 2.75. The van der Waals surface area contributed by atoms with Crippen molar-refractivity contribution in [3.63, 3.8) is 0 Å². The predicted molar refractivity (Wildman–Crippen MR) is 93.4 cm³/mol. The summed E-state index contributed by atoms with van der Waals surface area (Å²) < 4.78 is 5.40. The highest BCUT2D eigenvalue weighted by atomic mass is 16.5. The molecule has 1 fully saturated rings. The molecule has 24 heavy (non-hydrogen) atoms. The number of nitrogens with one attached hydrogen (secondary N) is 1. The second-order valence-electron chi connectivity index (χ2n) is 6.19. The Labute approximate surface area is 140 Å². The lowest BCUT2D eigenvalue weighted by atomic mass is 9.93. The molecule has 0 atom stereocenters. The van der Waals surface area contributed by atoms with E-state index in [4.69, 9.17) is 10.3 Å². The summed E-state index contributed by atoms with van der Waals surface area (Å²) in [7, 11) is 0. The van der Waals surface area contributed by atoms with E-state index in [9.17, 15) is 0 Å². The highest BCUT2D eigenvalue weighted by molar-refractivity contribution is 5.74. The largest absolute Gasteiger partial charge is 0.397 e. The molecule has 0 aliphatic heterocycles. The second kappa shape index (κ2) is 5.96. The maximum absolute atomic E-state index is 6.17. The Bertz CT molecular complexity index is 869. The smallest absolute Gasteiger partial charge is 0.258 e. The van der Waals surface area contributed by atoms with Gasteiger partial charge < -0.3 is 15.6 Å². The quantitative estimate of drug-likeness (QED) is 0.713. The molecular formula is C18H19N5O. The Hall–Kier alpha value is -2.89. The third kappa shape index (κ3) is 2.71. The van der Waals surface area contributed by atoms with Gasteiger partial charge >= 0.3 is 0 Å². The van der Waals surface area contributed by atoms with E-state index in [-0.39, 0.29) is 0 Å². The van der Waals surface area contributed by atoms with E-state index in [1.165, 1.54) is 19.3 Å². The first kappa shape index (κ1) is 14.7. The first-order valence-corrected chi connectivity index (χ1v) is 8.12. The van der Waals surface area contributed by atoms with E-state index in [2.05, 4.69) is 20.4 Å². The summed E-state index contributed by atoms with van der Waals surface area (Å²) in [5.74, 6) is 0.987. The molecule has 2 heterocycles. The molecule has 1 saturated carbocycles. The standard InChI is InChI=1S/C18H19N5O/c1-11-7-8-20-10-14(11)17-22-18(24-23-17)12-5-6-16(15(19)9-12)21-13-3-2-4-13/h5-10,13,21H,2-4,19H2,1H3. The van der Waals surface area contributed by atoms with Gasteiger partial charge in [-0.15, -0.1) is 0 Å². The molecule has 0 radical (unpaired) electrons. The van der Waals surface area contributed by atoms with Crippen LogP contribution in [0.4, 0.5) is 11.4 Å². The SMILES string of the molecule is Cc1ccncc1-c1noc(-c2ccc(NC3CCC3)c(N)c2)n1. The molecule has 122 valence electrons. The maximum Gasteiger partial charge on any atom is 0.258 e. The summed E-state index contributed by atoms with van der Waals surface area (Å²) >= 11 is 0. The third-order valence-corrected chi connectivity index (χ3v) is 4.47. The number of pyridine rings is 1. The summed E-state index contributed by atoms with van der Waals surface area (Å²) in [6, 6.07) is 8.26. The summed E-state index contributed by atoms with van der Waals surface area (Å²) in [5.41, 5.74) is 10.6. The van der Waals surface area contributed by atoms with Crippen molar-refractivity contribution in [2.24, 2.45) is 0 Å². The van der Waals surface area contributed by atoms with Crippen LogP contribution in [-0.2, 0) is 0 Å². The first-order chi connectivity index (χ1) is 11.7. The van der Waals surface area contributed by atoms with E-state index in [0.29, 0.717) is 23.4 Å². The van der Waals surface area contributed by atoms with Crippen molar-refractivity contribution in [2.75, 3.05) is 11.1 Å². The van der Waals surface area contributed by atoms with Crippen molar-refractivity contribution < 1.29 is 4.52 Å². The molecule has 3 N–H and O–H groups in total. The van der Waals surface area contributed by atoms with E-state index >= 15 is 0 Å². The Kier molecular flexibility index (Phi) is 3.65. The Morgan fingerprint density at radius 1 is 1.25 bits per heavy atom. The Balaban J connectivity index is 1.60. The minimum absolute atomic E-state index is 0.454. The summed E-state index contributed by atoms with van der Waals surface area (Å²) in [6.45, 7) is 1.99. The van der Waals surface area contributed by atoms with Crippen molar-refractivity contribution >= 4 is 11.4 Å². The van der Waals surface area contributed by atoms with Gasteiger partial charge in [0.05, 0.1) is 11.4 Å². The van der Waals surface area contributed by atoms with Gasteiger partial charge in [-0.1, -0.05) is 5.16 Å². The summed E-state index contributed by atoms with van der Waals surface area (Å²) in [5, 5.41) is 7.53. The van der Waals surface area contributed by atoms with Crippen molar-refractivity contribution in [1.82, 2.24) is 15.1 Å². The van der Waals surface area contributed by atoms with Gasteiger partial charge in [-0.3, -0.25) is 4.98 Å². The van der Waals surface area contributed by atoms with Crippen molar-refractivity contribution in [3.8, 4) is 22.8 Å². The van der Waals surface area contributed by atoms with Crippen LogP contribution in [0.5, 0.6) is 0 Å². The average Bonchev–Trinajstić information content (AvgIpc) is 3.02. The summed E-state index contributed by atoms with van der Waals surface area (Å²) in [6.07, 6.45) is 7.18. The lowest BCUT2D eigenvalue weighted by molar-refractivity contribution is 0.432. The average molecular weight is 321 g/mol. The maximum atomic E-state index is 6.17. The monoisotopic (exact) mass is 321 g/mol. The normalized spacial score (nSPS) is 14.4. The number of nitrogens with two attached hydrogens (primary N) is 1. The van der Waals surface area contributed by atoms with Gasteiger partial charge in [0.1, 0.15) is 0 Å². The van der Waals surface area contributed by atoms with Crippen LogP contribution in [0.15, 0.2) is 41.2 Å². The van der Waals surface area contributed by atoms with Gasteiger partial charge in [0.2, 0.25) is 5.82 Å². The zero-order valence-corrected chi connectivity index (χ0v) is 13.5. The number of anilines is 2. The molecule has 0 unspecified atom stereocenters. The Morgan fingerprint density at radius 3 is 2.83 bits per heavy atom. The predicted octanol–water partition coefficient (Wildman–Crippen LogP) is 3.65. The van der Waals surface area contributed by atoms with Gasteiger partial charge in [0.15, 0.2) is 0 Å². The molecule has 0 spiro atoms. The molecule has 2 aromatic heterocycles. The van der Waals surface area contributed by atoms with Crippen molar-refractivity contribution in [3.05, 3.63) is 42.2 Å². The number of aryl methyl sites for hydroxylation is 1. The van der Waals surface area contributed by atoms with Crippen LogP contribution in [0, 0.1) is 6.92 Å². The number of nitrogens with zero attached hydrogens (tertiary/aromatic N) is 3. The van der Waals surface area contributed by atoms with E-state index in [1.54, 1.807) is 12.4 Å². The van der Waals surface area contributed by atoms with Gasteiger partial charge in [-0.05, 0) is 56.0 Å². The van der Waals surface area contributed by atoms with Crippen molar-refractivity contribution in [1.29, 1.82) is 0 Å². The fraction of sp³-hybridized carbons (Fsp3) is 0.278. The number of aromatic nitrogens is 3. The molecule has 4 rings (SSSR count). The minimum Gasteiger partial charge on any atom is -0.397 e. The molecule has 1 aromatic carbocycles. The lowest BCUT2D eigenvalue weighted by Gasteiger charge is -2.28. The van der Waals surface area contributed by atoms with Crippen molar-refractivity contribution in [2.45, 2.75) is 32.2 Å². The molecule has 0 amide bonds. The van der Waals surface area contributed by atoms with Crippen LogP contribution in [-0.4, -0.2) is 21.2 Å². The number of benzene rings is 1. The fourth-order valence-corrected chi connectivity index (χ4v) is 2.75. The molecule has 0 bridgehead atoms. The topological polar surface area (TPSA) is 89.9 Å². The molecular weight excluding hydrogens is 302 g/mol. The molecule has 6 heteroatoms. The molecule has 3 aromatic rings. The van der Waals surface area contributed by atoms with Crippen LogP contribution in [0.2, 0.25) is 0 Å². The second-order valence-corrected chi connectivity index (χ2v) is 6.19. The Morgan fingerprint density at radius 2 is 2.12 bits per heavy atom. The highest BCUT2D eigenvalue weighted by Gasteiger charge is 2.18. The lowest BCUT2D eigenvalue weighted by Crippen LogP contribution is -2.27. The molecule has 1 aliphatic carbocycles. The van der Waals surface area contributed by atoms with E-state index < -0.39 is 0 Å². The zero-order chi connectivity index (χ0) is 16.5. The minimum atomic E-state index is 0.454. The van der Waals surface area contributed by atoms with Crippen LogP contribution >= 0.6 is 0 Å². The highest BCUT2D eigenvalue weighted by Crippen LogP contribution is 2.31. The molecule has 1 aliphatic rings. The van der Waals surface area contributed by atoms with Gasteiger partial charge in [-0.2, -0.15) is 4.98 Å². The first-order valence-electron chi connectivity index (χ1n) is 8.12. The third-order valence-electron chi connectivity index (χ3n) is 4.47. The zero-order valence-electron chi connectivity index (χ0n) is 13.5. The number of nitrogen functional groups attached to an aromatic ring is 1. The van der Waals surface area contributed by atoms with Gasteiger partial charge in [0, 0.05) is 29.6 Å². The van der Waals surface area contributed by atoms with Gasteiger partial charge in [0.25, 0.3) is 5.89 Å².